The van der Waals surface area contributed by atoms with Crippen LogP contribution in [0.5, 0.6) is 0 Å². The van der Waals surface area contributed by atoms with Gasteiger partial charge in [0.25, 0.3) is 0 Å². The summed E-state index contributed by atoms with van der Waals surface area (Å²) < 4.78 is 0. The minimum Gasteiger partial charge on any atom is -0.304 e. The molecule has 0 radical (unpaired) electrons. The first-order chi connectivity index (χ1) is 13.0. The molecule has 3 atom stereocenters. The number of carbonyl (C=O) groups is 1. The number of allylic oxidation sites excluding steroid dienone is 2. The fourth-order valence-corrected chi connectivity index (χ4v) is 5.32. The van der Waals surface area contributed by atoms with E-state index < -0.39 is 0 Å². The van der Waals surface area contributed by atoms with Crippen LogP contribution in [0.2, 0.25) is 0 Å². The standard InChI is InChI=1S/C21H27N.C2H4O.C2H6/c1-5-17-13-22-9-8-21(12-16(4)18(17)11-20(21)22)19-10-14(2)6-7-15(19)3;1-2-3;1-2/h5-7,10,12,18,20H,8-9,11,13H2,1-4H3;2H,1H3;1-2H3/b17-5+;;/t18?,20-,21?;;/m0../s1. The summed E-state index contributed by atoms with van der Waals surface area (Å²) in [5, 5.41) is 0. The van der Waals surface area contributed by atoms with Crippen LogP contribution in [0.15, 0.2) is 41.5 Å². The predicted molar refractivity (Wildman–Crippen MR) is 116 cm³/mol. The molecule has 4 rings (SSSR count). The van der Waals surface area contributed by atoms with Crippen molar-refractivity contribution in [1.29, 1.82) is 0 Å². The van der Waals surface area contributed by atoms with Gasteiger partial charge in [-0.3, -0.25) is 4.90 Å². The van der Waals surface area contributed by atoms with Crippen molar-refractivity contribution in [2.24, 2.45) is 5.92 Å². The van der Waals surface area contributed by atoms with E-state index in [-0.39, 0.29) is 5.41 Å². The molecular formula is C25H37NO. The van der Waals surface area contributed by atoms with Crippen molar-refractivity contribution in [2.75, 3.05) is 13.1 Å². The average Bonchev–Trinajstić information content (AvgIpc) is 3.06. The van der Waals surface area contributed by atoms with Gasteiger partial charge in [0.1, 0.15) is 6.29 Å². The first kappa shape index (κ1) is 21.6. The fraction of sp³-hybridized carbons (Fsp3) is 0.560. The van der Waals surface area contributed by atoms with Gasteiger partial charge in [0.15, 0.2) is 0 Å². The van der Waals surface area contributed by atoms with Gasteiger partial charge >= 0.3 is 0 Å². The third kappa shape index (κ3) is 3.82. The molecule has 1 aromatic rings. The molecule has 1 aliphatic carbocycles. The number of hydrogen-bond donors (Lipinski definition) is 0. The van der Waals surface area contributed by atoms with Gasteiger partial charge in [0.2, 0.25) is 0 Å². The minimum atomic E-state index is 0.260. The first-order valence-electron chi connectivity index (χ1n) is 10.5. The Balaban J connectivity index is 0.000000478. The summed E-state index contributed by atoms with van der Waals surface area (Å²) in [6.45, 7) is 17.0. The van der Waals surface area contributed by atoms with Crippen molar-refractivity contribution in [1.82, 2.24) is 4.90 Å². The van der Waals surface area contributed by atoms with E-state index in [1.807, 2.05) is 13.8 Å². The van der Waals surface area contributed by atoms with E-state index in [4.69, 9.17) is 4.79 Å². The number of nitrogens with zero attached hydrogens (tertiary/aromatic N) is 1. The quantitative estimate of drug-likeness (QED) is 0.464. The van der Waals surface area contributed by atoms with Crippen LogP contribution < -0.4 is 0 Å². The van der Waals surface area contributed by atoms with Gasteiger partial charge in [0.05, 0.1) is 0 Å². The molecule has 2 aliphatic heterocycles. The Labute approximate surface area is 166 Å². The molecule has 148 valence electrons. The number of hydrogen-bond acceptors (Lipinski definition) is 2. The summed E-state index contributed by atoms with van der Waals surface area (Å²) in [5.74, 6) is 0.697. The van der Waals surface area contributed by atoms with Crippen LogP contribution in [-0.4, -0.2) is 30.3 Å². The lowest BCUT2D eigenvalue weighted by Crippen LogP contribution is -2.50. The van der Waals surface area contributed by atoms with Gasteiger partial charge in [0, 0.05) is 30.5 Å². The number of benzene rings is 1. The SMILES string of the molecule is C/C=C1\CN2CCC3(c4cc(C)ccc4C)C=C(C)C1C[C@H]23.CC.CC=O. The Morgan fingerprint density at radius 3 is 2.44 bits per heavy atom. The molecule has 2 heterocycles. The molecule has 1 aromatic carbocycles. The first-order valence-corrected chi connectivity index (χ1v) is 10.5. The van der Waals surface area contributed by atoms with Crippen LogP contribution >= 0.6 is 0 Å². The molecular weight excluding hydrogens is 330 g/mol. The molecule has 0 spiro atoms. The van der Waals surface area contributed by atoms with Gasteiger partial charge in [-0.2, -0.15) is 0 Å². The van der Waals surface area contributed by atoms with Crippen LogP contribution in [0.4, 0.5) is 0 Å². The molecule has 0 amide bonds. The highest BCUT2D eigenvalue weighted by Gasteiger charge is 2.53. The number of aryl methyl sites for hydroxylation is 2. The largest absolute Gasteiger partial charge is 0.304 e. The van der Waals surface area contributed by atoms with Crippen molar-refractivity contribution < 1.29 is 4.79 Å². The third-order valence-electron chi connectivity index (χ3n) is 6.44. The summed E-state index contributed by atoms with van der Waals surface area (Å²) in [5.41, 5.74) is 7.95. The minimum absolute atomic E-state index is 0.260. The number of piperidine rings is 1. The lowest BCUT2D eigenvalue weighted by Gasteiger charge is -2.48. The van der Waals surface area contributed by atoms with Crippen molar-refractivity contribution >= 4 is 6.29 Å². The van der Waals surface area contributed by atoms with Crippen molar-refractivity contribution in [3.63, 3.8) is 0 Å². The molecule has 2 nitrogen and oxygen atoms in total. The lowest BCUT2D eigenvalue weighted by molar-refractivity contribution is -0.106. The van der Waals surface area contributed by atoms with Crippen LogP contribution in [0, 0.1) is 19.8 Å². The van der Waals surface area contributed by atoms with Crippen molar-refractivity contribution in [3.8, 4) is 0 Å². The number of carbonyl (C=O) groups excluding carboxylic acids is 1. The highest BCUT2D eigenvalue weighted by Crippen LogP contribution is 2.53. The zero-order chi connectivity index (χ0) is 20.2. The topological polar surface area (TPSA) is 20.3 Å². The van der Waals surface area contributed by atoms with Gasteiger partial charge in [-0.25, -0.2) is 0 Å². The second kappa shape index (κ2) is 9.01. The Bertz CT molecular complexity index is 730. The molecule has 2 unspecified atom stereocenters. The zero-order valence-corrected chi connectivity index (χ0v) is 18.3. The maximum Gasteiger partial charge on any atom is 0.116 e. The van der Waals surface area contributed by atoms with Gasteiger partial charge in [-0.05, 0) is 58.6 Å². The van der Waals surface area contributed by atoms with E-state index in [1.54, 1.807) is 16.7 Å². The zero-order valence-electron chi connectivity index (χ0n) is 18.3. The molecule has 27 heavy (non-hydrogen) atoms. The molecule has 0 N–H and O–H groups in total. The fourth-order valence-electron chi connectivity index (χ4n) is 5.32. The van der Waals surface area contributed by atoms with E-state index >= 15 is 0 Å². The highest BCUT2D eigenvalue weighted by atomic mass is 16.1. The number of aldehydes is 1. The smallest absolute Gasteiger partial charge is 0.116 e. The van der Waals surface area contributed by atoms with E-state index in [0.29, 0.717) is 12.0 Å². The highest BCUT2D eigenvalue weighted by molar-refractivity contribution is 5.48. The second-order valence-corrected chi connectivity index (χ2v) is 7.87. The van der Waals surface area contributed by atoms with E-state index in [2.05, 4.69) is 62.9 Å². The van der Waals surface area contributed by atoms with E-state index in [1.165, 1.54) is 44.0 Å². The number of rotatable bonds is 1. The lowest BCUT2D eigenvalue weighted by atomic mass is 9.62. The normalized spacial score (nSPS) is 29.9. The van der Waals surface area contributed by atoms with Crippen LogP contribution in [-0.2, 0) is 10.2 Å². The summed E-state index contributed by atoms with van der Waals surface area (Å²) in [6, 6.07) is 7.72. The van der Waals surface area contributed by atoms with Gasteiger partial charge < -0.3 is 4.79 Å². The summed E-state index contributed by atoms with van der Waals surface area (Å²) in [7, 11) is 0. The van der Waals surface area contributed by atoms with Crippen LogP contribution in [0.1, 0.15) is 64.2 Å². The molecule has 3 aliphatic rings. The second-order valence-electron chi connectivity index (χ2n) is 7.87. The average molecular weight is 368 g/mol. The molecule has 0 aromatic heterocycles. The molecule has 2 fully saturated rings. The number of fused-ring (bicyclic) bond motifs is 1. The van der Waals surface area contributed by atoms with Gasteiger partial charge in [-0.15, -0.1) is 0 Å². The Morgan fingerprint density at radius 2 is 1.81 bits per heavy atom. The maximum absolute atomic E-state index is 8.81. The third-order valence-corrected chi connectivity index (χ3v) is 6.44. The predicted octanol–water partition coefficient (Wildman–Crippen LogP) is 5.77. The Kier molecular flexibility index (Phi) is 7.22. The molecule has 2 saturated heterocycles. The summed E-state index contributed by atoms with van der Waals surface area (Å²) in [6.07, 6.45) is 8.36. The Hall–Kier alpha value is -1.67. The Morgan fingerprint density at radius 1 is 1.15 bits per heavy atom. The van der Waals surface area contributed by atoms with Crippen LogP contribution in [0.3, 0.4) is 0 Å². The summed E-state index contributed by atoms with van der Waals surface area (Å²) >= 11 is 0. The van der Waals surface area contributed by atoms with Crippen LogP contribution in [0.25, 0.3) is 0 Å². The van der Waals surface area contributed by atoms with Gasteiger partial charge in [-0.1, -0.05) is 60.9 Å². The molecule has 2 bridgehead atoms. The van der Waals surface area contributed by atoms with E-state index in [9.17, 15) is 0 Å². The maximum atomic E-state index is 8.81. The van der Waals surface area contributed by atoms with Crippen molar-refractivity contribution in [2.45, 2.75) is 72.8 Å². The van der Waals surface area contributed by atoms with Crippen molar-refractivity contribution in [3.05, 3.63) is 58.2 Å². The molecule has 0 saturated carbocycles. The molecule has 2 heteroatoms. The monoisotopic (exact) mass is 367 g/mol. The van der Waals surface area contributed by atoms with E-state index in [0.717, 1.165) is 6.29 Å². The summed E-state index contributed by atoms with van der Waals surface area (Å²) in [4.78, 5) is 11.6.